The number of thiocarbonyl (C=S) groups is 1. The van der Waals surface area contributed by atoms with Gasteiger partial charge in [-0.05, 0) is 65.7 Å². The highest BCUT2D eigenvalue weighted by molar-refractivity contribution is 9.10. The monoisotopic (exact) mass is 326 g/mol. The fraction of sp³-hybridized carbons (Fsp3) is 0.500. The zero-order valence-corrected chi connectivity index (χ0v) is 13.0. The van der Waals surface area contributed by atoms with Crippen molar-refractivity contribution in [2.24, 2.45) is 11.7 Å². The topological polar surface area (TPSA) is 38.0 Å². The minimum Gasteiger partial charge on any atom is -0.389 e. The predicted octanol–water partition coefficient (Wildman–Crippen LogP) is 4.07. The van der Waals surface area contributed by atoms with E-state index in [1.54, 1.807) is 0 Å². The Morgan fingerprint density at radius 3 is 2.56 bits per heavy atom. The molecule has 2 nitrogen and oxygen atoms in total. The van der Waals surface area contributed by atoms with Gasteiger partial charge in [0.25, 0.3) is 0 Å². The van der Waals surface area contributed by atoms with Crippen molar-refractivity contribution in [2.45, 2.75) is 38.6 Å². The lowest BCUT2D eigenvalue weighted by molar-refractivity contribution is 0.361. The summed E-state index contributed by atoms with van der Waals surface area (Å²) in [5, 5.41) is 3.59. The van der Waals surface area contributed by atoms with E-state index < -0.39 is 0 Å². The molecule has 98 valence electrons. The van der Waals surface area contributed by atoms with Crippen LogP contribution < -0.4 is 11.1 Å². The Morgan fingerprint density at radius 1 is 1.33 bits per heavy atom. The molecule has 0 bridgehead atoms. The first-order valence-corrected chi connectivity index (χ1v) is 7.62. The van der Waals surface area contributed by atoms with Crippen molar-refractivity contribution in [3.05, 3.63) is 28.2 Å². The van der Waals surface area contributed by atoms with E-state index in [0.29, 0.717) is 11.0 Å². The maximum Gasteiger partial charge on any atom is 0.105 e. The molecule has 0 aromatic heterocycles. The molecule has 18 heavy (non-hydrogen) atoms. The molecule has 0 radical (unpaired) electrons. The number of anilines is 1. The summed E-state index contributed by atoms with van der Waals surface area (Å²) in [4.78, 5) is 0.430. The molecule has 0 atom stereocenters. The normalized spacial score (nSPS) is 23.7. The van der Waals surface area contributed by atoms with E-state index in [1.807, 2.05) is 6.07 Å². The highest BCUT2D eigenvalue weighted by Crippen LogP contribution is 2.28. The third-order valence-electron chi connectivity index (χ3n) is 3.62. The number of benzene rings is 1. The molecule has 1 fully saturated rings. The van der Waals surface area contributed by atoms with Gasteiger partial charge < -0.3 is 11.1 Å². The molecular formula is C14H19BrN2S. The Labute approximate surface area is 122 Å². The van der Waals surface area contributed by atoms with Crippen molar-refractivity contribution in [1.29, 1.82) is 0 Å². The van der Waals surface area contributed by atoms with Crippen LogP contribution in [0.2, 0.25) is 0 Å². The molecule has 0 saturated heterocycles. The van der Waals surface area contributed by atoms with E-state index in [0.717, 1.165) is 21.6 Å². The average molecular weight is 327 g/mol. The van der Waals surface area contributed by atoms with Gasteiger partial charge in [-0.1, -0.05) is 19.1 Å². The van der Waals surface area contributed by atoms with Crippen molar-refractivity contribution in [3.63, 3.8) is 0 Å². The molecule has 2 rings (SSSR count). The standard InChI is InChI=1S/C14H19BrN2S/c1-9-2-4-10(5-3-9)17-11-6-7-12(14(16)18)13(15)8-11/h6-10,17H,2-5H2,1H3,(H2,16,18). The van der Waals surface area contributed by atoms with E-state index in [1.165, 1.54) is 25.7 Å². The van der Waals surface area contributed by atoms with Gasteiger partial charge in [-0.15, -0.1) is 0 Å². The lowest BCUT2D eigenvalue weighted by Gasteiger charge is -2.27. The van der Waals surface area contributed by atoms with Crippen LogP contribution in [0.4, 0.5) is 5.69 Å². The van der Waals surface area contributed by atoms with E-state index in [4.69, 9.17) is 18.0 Å². The third kappa shape index (κ3) is 3.45. The largest absolute Gasteiger partial charge is 0.389 e. The molecule has 1 aromatic rings. The Hall–Kier alpha value is -0.610. The second kappa shape index (κ2) is 6.02. The molecule has 0 unspecified atom stereocenters. The molecule has 0 heterocycles. The van der Waals surface area contributed by atoms with Crippen LogP contribution in [0, 0.1) is 5.92 Å². The molecule has 4 heteroatoms. The van der Waals surface area contributed by atoms with Gasteiger partial charge in [-0.25, -0.2) is 0 Å². The average Bonchev–Trinajstić information content (AvgIpc) is 2.32. The predicted molar refractivity (Wildman–Crippen MR) is 85.1 cm³/mol. The van der Waals surface area contributed by atoms with Crippen LogP contribution in [0.5, 0.6) is 0 Å². The molecule has 1 saturated carbocycles. The summed E-state index contributed by atoms with van der Waals surface area (Å²) >= 11 is 8.51. The summed E-state index contributed by atoms with van der Waals surface area (Å²) in [7, 11) is 0. The Morgan fingerprint density at radius 2 is 2.00 bits per heavy atom. The van der Waals surface area contributed by atoms with Gasteiger partial charge in [-0.2, -0.15) is 0 Å². The maximum atomic E-state index is 5.65. The quantitative estimate of drug-likeness (QED) is 0.822. The van der Waals surface area contributed by atoms with Gasteiger partial charge in [0.1, 0.15) is 4.99 Å². The lowest BCUT2D eigenvalue weighted by atomic mass is 9.87. The number of halogens is 1. The summed E-state index contributed by atoms with van der Waals surface area (Å²) < 4.78 is 0.962. The molecular weight excluding hydrogens is 308 g/mol. The van der Waals surface area contributed by atoms with Gasteiger partial charge >= 0.3 is 0 Å². The van der Waals surface area contributed by atoms with Crippen LogP contribution in [0.1, 0.15) is 38.2 Å². The molecule has 0 amide bonds. The van der Waals surface area contributed by atoms with E-state index in [-0.39, 0.29) is 0 Å². The lowest BCUT2D eigenvalue weighted by Crippen LogP contribution is -2.25. The van der Waals surface area contributed by atoms with Crippen LogP contribution in [0.25, 0.3) is 0 Å². The summed E-state index contributed by atoms with van der Waals surface area (Å²) in [6.45, 7) is 2.34. The smallest absolute Gasteiger partial charge is 0.105 e. The first-order chi connectivity index (χ1) is 8.56. The fourth-order valence-electron chi connectivity index (χ4n) is 2.44. The summed E-state index contributed by atoms with van der Waals surface area (Å²) in [6.07, 6.45) is 5.17. The minimum absolute atomic E-state index is 0.430. The number of rotatable bonds is 3. The number of nitrogens with one attached hydrogen (secondary N) is 1. The summed E-state index contributed by atoms with van der Waals surface area (Å²) in [5.41, 5.74) is 7.68. The first kappa shape index (κ1) is 13.8. The van der Waals surface area contributed by atoms with E-state index in [2.05, 4.69) is 40.3 Å². The molecule has 1 aliphatic carbocycles. The molecule has 1 aliphatic rings. The molecule has 0 spiro atoms. The van der Waals surface area contributed by atoms with Gasteiger partial charge in [0, 0.05) is 21.8 Å². The third-order valence-corrected chi connectivity index (χ3v) is 4.50. The Kier molecular flexibility index (Phi) is 4.62. The van der Waals surface area contributed by atoms with Crippen LogP contribution in [-0.4, -0.2) is 11.0 Å². The van der Waals surface area contributed by atoms with Crippen molar-refractivity contribution in [1.82, 2.24) is 0 Å². The van der Waals surface area contributed by atoms with Crippen molar-refractivity contribution in [3.8, 4) is 0 Å². The Balaban J connectivity index is 2.02. The van der Waals surface area contributed by atoms with Crippen LogP contribution in [0.15, 0.2) is 22.7 Å². The number of hydrogen-bond donors (Lipinski definition) is 2. The van der Waals surface area contributed by atoms with Crippen molar-refractivity contribution >= 4 is 38.8 Å². The summed E-state index contributed by atoms with van der Waals surface area (Å²) in [5.74, 6) is 0.881. The number of nitrogens with two attached hydrogens (primary N) is 1. The van der Waals surface area contributed by atoms with E-state index in [9.17, 15) is 0 Å². The number of hydrogen-bond acceptors (Lipinski definition) is 2. The minimum atomic E-state index is 0.430. The molecule has 0 aliphatic heterocycles. The molecule has 3 N–H and O–H groups in total. The van der Waals surface area contributed by atoms with E-state index >= 15 is 0 Å². The second-order valence-electron chi connectivity index (χ2n) is 5.16. The van der Waals surface area contributed by atoms with Crippen LogP contribution in [-0.2, 0) is 0 Å². The first-order valence-electron chi connectivity index (χ1n) is 6.42. The van der Waals surface area contributed by atoms with Gasteiger partial charge in [-0.3, -0.25) is 0 Å². The van der Waals surface area contributed by atoms with Crippen molar-refractivity contribution in [2.75, 3.05) is 5.32 Å². The Bertz CT molecular complexity index is 439. The van der Waals surface area contributed by atoms with Crippen molar-refractivity contribution < 1.29 is 0 Å². The van der Waals surface area contributed by atoms with Gasteiger partial charge in [0.15, 0.2) is 0 Å². The highest BCUT2D eigenvalue weighted by Gasteiger charge is 2.18. The fourth-order valence-corrected chi connectivity index (χ4v) is 3.35. The van der Waals surface area contributed by atoms with Gasteiger partial charge in [0.2, 0.25) is 0 Å². The van der Waals surface area contributed by atoms with Crippen LogP contribution in [0.3, 0.4) is 0 Å². The zero-order valence-electron chi connectivity index (χ0n) is 10.6. The maximum absolute atomic E-state index is 5.65. The zero-order chi connectivity index (χ0) is 13.1. The SMILES string of the molecule is CC1CCC(Nc2ccc(C(N)=S)c(Br)c2)CC1. The second-order valence-corrected chi connectivity index (χ2v) is 6.45. The van der Waals surface area contributed by atoms with Crippen LogP contribution >= 0.6 is 28.1 Å². The highest BCUT2D eigenvalue weighted by atomic mass is 79.9. The van der Waals surface area contributed by atoms with Gasteiger partial charge in [0.05, 0.1) is 0 Å². The molecule has 1 aromatic carbocycles. The summed E-state index contributed by atoms with van der Waals surface area (Å²) in [6, 6.07) is 6.69.